The molecule has 0 saturated heterocycles. The summed E-state index contributed by atoms with van der Waals surface area (Å²) in [7, 11) is 0. The molecule has 6 heteroatoms. The van der Waals surface area contributed by atoms with Gasteiger partial charge >= 0.3 is 0 Å². The van der Waals surface area contributed by atoms with Crippen LogP contribution in [0.5, 0.6) is 0 Å². The molecule has 2 aromatic rings. The molecule has 0 atom stereocenters. The Balaban J connectivity index is 1.49. The summed E-state index contributed by atoms with van der Waals surface area (Å²) in [4.78, 5) is 20.9. The molecular formula is C17H21N3OS2. The van der Waals surface area contributed by atoms with Crippen molar-refractivity contribution >= 4 is 29.0 Å². The molecule has 0 bridgehead atoms. The molecule has 0 aromatic carbocycles. The maximum Gasteiger partial charge on any atom is 0.251 e. The number of hydrogen-bond donors (Lipinski definition) is 1. The first-order valence-electron chi connectivity index (χ1n) is 7.92. The van der Waals surface area contributed by atoms with Crippen molar-refractivity contribution < 1.29 is 4.79 Å². The van der Waals surface area contributed by atoms with Gasteiger partial charge in [0.1, 0.15) is 4.34 Å². The molecule has 23 heavy (non-hydrogen) atoms. The standard InChI is InChI=1S/C17H21N3OS2/c1-11-9-18-8-7-15(11)16(21)20-13-3-5-14(6-4-13)23-17-19-12(2)10-22-17/h7-10,13-14H,3-6H2,1-2H3,(H,20,21). The van der Waals surface area contributed by atoms with Crippen LogP contribution in [-0.2, 0) is 0 Å². The van der Waals surface area contributed by atoms with Crippen molar-refractivity contribution in [2.24, 2.45) is 0 Å². The second-order valence-electron chi connectivity index (χ2n) is 6.01. The molecule has 1 aliphatic carbocycles. The molecular weight excluding hydrogens is 326 g/mol. The Bertz CT molecular complexity index is 678. The Morgan fingerprint density at radius 2 is 2.09 bits per heavy atom. The SMILES string of the molecule is Cc1csc(SC2CCC(NC(=O)c3ccncc3C)CC2)n1. The van der Waals surface area contributed by atoms with Gasteiger partial charge in [-0.05, 0) is 51.2 Å². The van der Waals surface area contributed by atoms with E-state index >= 15 is 0 Å². The highest BCUT2D eigenvalue weighted by molar-refractivity contribution is 8.01. The topological polar surface area (TPSA) is 54.9 Å². The normalized spacial score (nSPS) is 21.1. The molecule has 0 unspecified atom stereocenters. The van der Waals surface area contributed by atoms with E-state index in [4.69, 9.17) is 0 Å². The van der Waals surface area contributed by atoms with E-state index in [1.807, 2.05) is 25.6 Å². The molecule has 1 N–H and O–H groups in total. The van der Waals surface area contributed by atoms with Gasteiger partial charge < -0.3 is 5.32 Å². The van der Waals surface area contributed by atoms with Gasteiger partial charge in [-0.1, -0.05) is 11.8 Å². The van der Waals surface area contributed by atoms with Crippen molar-refractivity contribution in [3.05, 3.63) is 40.7 Å². The highest BCUT2D eigenvalue weighted by Gasteiger charge is 2.24. The maximum absolute atomic E-state index is 12.4. The molecule has 1 saturated carbocycles. The third-order valence-corrected chi connectivity index (χ3v) is 6.57. The molecule has 2 aromatic heterocycles. The van der Waals surface area contributed by atoms with Gasteiger partial charge in [-0.2, -0.15) is 0 Å². The molecule has 1 fully saturated rings. The van der Waals surface area contributed by atoms with Gasteiger partial charge in [-0.15, -0.1) is 11.3 Å². The van der Waals surface area contributed by atoms with Gasteiger partial charge in [-0.3, -0.25) is 9.78 Å². The van der Waals surface area contributed by atoms with Crippen LogP contribution in [0.3, 0.4) is 0 Å². The molecule has 3 rings (SSSR count). The van der Waals surface area contributed by atoms with Crippen LogP contribution >= 0.6 is 23.1 Å². The molecule has 0 spiro atoms. The summed E-state index contributed by atoms with van der Waals surface area (Å²) in [6.45, 7) is 3.96. The molecule has 122 valence electrons. The third-order valence-electron chi connectivity index (χ3n) is 4.14. The second kappa shape index (κ2) is 7.45. The fourth-order valence-electron chi connectivity index (χ4n) is 2.85. The number of carbonyl (C=O) groups excluding carboxylic acids is 1. The number of thioether (sulfide) groups is 1. The lowest BCUT2D eigenvalue weighted by Crippen LogP contribution is -2.38. The number of amides is 1. The van der Waals surface area contributed by atoms with Crippen molar-refractivity contribution in [1.29, 1.82) is 0 Å². The van der Waals surface area contributed by atoms with Crippen molar-refractivity contribution in [1.82, 2.24) is 15.3 Å². The van der Waals surface area contributed by atoms with Gasteiger partial charge in [0.15, 0.2) is 0 Å². The lowest BCUT2D eigenvalue weighted by atomic mass is 9.94. The largest absolute Gasteiger partial charge is 0.349 e. The number of rotatable bonds is 4. The highest BCUT2D eigenvalue weighted by Crippen LogP contribution is 2.35. The number of nitrogens with zero attached hydrogens (tertiary/aromatic N) is 2. The van der Waals surface area contributed by atoms with E-state index in [0.29, 0.717) is 5.25 Å². The summed E-state index contributed by atoms with van der Waals surface area (Å²) in [5.41, 5.74) is 2.76. The van der Waals surface area contributed by atoms with Crippen LogP contribution in [-0.4, -0.2) is 27.2 Å². The van der Waals surface area contributed by atoms with Crippen LogP contribution in [0, 0.1) is 13.8 Å². The number of aromatic nitrogens is 2. The highest BCUT2D eigenvalue weighted by atomic mass is 32.2. The number of carbonyl (C=O) groups is 1. The van der Waals surface area contributed by atoms with Crippen LogP contribution in [0.25, 0.3) is 0 Å². The van der Waals surface area contributed by atoms with Gasteiger partial charge in [0.25, 0.3) is 5.91 Å². The smallest absolute Gasteiger partial charge is 0.251 e. The number of hydrogen-bond acceptors (Lipinski definition) is 5. The van der Waals surface area contributed by atoms with Gasteiger partial charge in [-0.25, -0.2) is 4.98 Å². The lowest BCUT2D eigenvalue weighted by molar-refractivity contribution is 0.0927. The zero-order valence-corrected chi connectivity index (χ0v) is 15.0. The molecule has 0 aliphatic heterocycles. The fraction of sp³-hybridized carbons (Fsp3) is 0.471. The minimum absolute atomic E-state index is 0.0246. The first-order valence-corrected chi connectivity index (χ1v) is 9.68. The van der Waals surface area contributed by atoms with E-state index in [1.54, 1.807) is 29.8 Å². The van der Waals surface area contributed by atoms with Crippen molar-refractivity contribution in [2.75, 3.05) is 0 Å². The summed E-state index contributed by atoms with van der Waals surface area (Å²) in [5.74, 6) is 0.0246. The van der Waals surface area contributed by atoms with E-state index in [9.17, 15) is 4.79 Å². The predicted octanol–water partition coefficient (Wildman–Crippen LogP) is 3.99. The Morgan fingerprint density at radius 1 is 1.30 bits per heavy atom. The maximum atomic E-state index is 12.4. The average molecular weight is 348 g/mol. The summed E-state index contributed by atoms with van der Waals surface area (Å²) in [5, 5.41) is 5.90. The predicted molar refractivity (Wildman–Crippen MR) is 95.2 cm³/mol. The number of nitrogens with one attached hydrogen (secondary N) is 1. The molecule has 4 nitrogen and oxygen atoms in total. The minimum Gasteiger partial charge on any atom is -0.349 e. The van der Waals surface area contributed by atoms with Gasteiger partial charge in [0.2, 0.25) is 0 Å². The monoisotopic (exact) mass is 347 g/mol. The van der Waals surface area contributed by atoms with Crippen LogP contribution < -0.4 is 5.32 Å². The van der Waals surface area contributed by atoms with Crippen LogP contribution in [0.4, 0.5) is 0 Å². The Morgan fingerprint density at radius 3 is 2.74 bits per heavy atom. The molecule has 2 heterocycles. The Labute approximate surface area is 145 Å². The zero-order chi connectivity index (χ0) is 16.2. The molecule has 1 amide bonds. The van der Waals surface area contributed by atoms with Crippen molar-refractivity contribution in [3.63, 3.8) is 0 Å². The van der Waals surface area contributed by atoms with Crippen LogP contribution in [0.15, 0.2) is 28.2 Å². The Kier molecular flexibility index (Phi) is 5.33. The minimum atomic E-state index is 0.0246. The van der Waals surface area contributed by atoms with Gasteiger partial charge in [0.05, 0.1) is 0 Å². The summed E-state index contributed by atoms with van der Waals surface area (Å²) in [6, 6.07) is 2.07. The first-order chi connectivity index (χ1) is 11.1. The van der Waals surface area contributed by atoms with E-state index in [2.05, 4.69) is 20.7 Å². The van der Waals surface area contributed by atoms with E-state index < -0.39 is 0 Å². The first kappa shape index (κ1) is 16.5. The third kappa shape index (κ3) is 4.32. The van der Waals surface area contributed by atoms with Crippen LogP contribution in [0.1, 0.15) is 47.3 Å². The number of thiazole rings is 1. The Hall–Kier alpha value is -1.40. The second-order valence-corrected chi connectivity index (χ2v) is 8.42. The molecule has 1 aliphatic rings. The van der Waals surface area contributed by atoms with E-state index in [0.717, 1.165) is 42.5 Å². The quantitative estimate of drug-likeness (QED) is 0.908. The van der Waals surface area contributed by atoms with E-state index in [-0.39, 0.29) is 11.9 Å². The molecule has 0 radical (unpaired) electrons. The average Bonchev–Trinajstić information content (AvgIpc) is 2.95. The summed E-state index contributed by atoms with van der Waals surface area (Å²) < 4.78 is 1.17. The fourth-order valence-corrected chi connectivity index (χ4v) is 5.13. The number of pyridine rings is 1. The van der Waals surface area contributed by atoms with Crippen LogP contribution in [0.2, 0.25) is 0 Å². The zero-order valence-electron chi connectivity index (χ0n) is 13.4. The lowest BCUT2D eigenvalue weighted by Gasteiger charge is -2.28. The van der Waals surface area contributed by atoms with Crippen molar-refractivity contribution in [3.8, 4) is 0 Å². The van der Waals surface area contributed by atoms with E-state index in [1.165, 1.54) is 4.34 Å². The number of aryl methyl sites for hydroxylation is 2. The summed E-state index contributed by atoms with van der Waals surface area (Å²) >= 11 is 3.62. The van der Waals surface area contributed by atoms with Crippen molar-refractivity contribution in [2.45, 2.75) is 55.2 Å². The van der Waals surface area contributed by atoms with Gasteiger partial charge in [0, 0.05) is 40.3 Å². The summed E-state index contributed by atoms with van der Waals surface area (Å²) in [6.07, 6.45) is 7.74.